The Hall–Kier alpha value is -4.28. The van der Waals surface area contributed by atoms with Crippen molar-refractivity contribution in [3.8, 4) is 17.3 Å². The van der Waals surface area contributed by atoms with Crippen molar-refractivity contribution in [1.29, 1.82) is 0 Å². The molecule has 5 rings (SSSR count). The number of anilines is 1. The Morgan fingerprint density at radius 1 is 1.03 bits per heavy atom. The fraction of sp³-hybridized carbons (Fsp3) is 0.304. The monoisotopic (exact) mass is 460 g/mol. The summed E-state index contributed by atoms with van der Waals surface area (Å²) >= 11 is 0. The summed E-state index contributed by atoms with van der Waals surface area (Å²) in [5, 5.41) is 13.0. The smallest absolute Gasteiger partial charge is 0.267 e. The molecule has 1 atom stereocenters. The van der Waals surface area contributed by atoms with Crippen molar-refractivity contribution in [1.82, 2.24) is 34.4 Å². The van der Waals surface area contributed by atoms with Crippen LogP contribution in [0, 0.1) is 6.92 Å². The second kappa shape index (κ2) is 8.93. The molecule has 34 heavy (non-hydrogen) atoms. The van der Waals surface area contributed by atoms with Crippen LogP contribution in [0.4, 0.5) is 5.82 Å². The maximum Gasteiger partial charge on any atom is 0.267 e. The molecule has 1 amide bonds. The van der Waals surface area contributed by atoms with E-state index in [0.717, 1.165) is 11.6 Å². The van der Waals surface area contributed by atoms with Crippen molar-refractivity contribution in [3.05, 3.63) is 71.2 Å². The van der Waals surface area contributed by atoms with Gasteiger partial charge in [-0.1, -0.05) is 0 Å². The van der Waals surface area contributed by atoms with Crippen molar-refractivity contribution in [2.24, 2.45) is 0 Å². The first-order valence-corrected chi connectivity index (χ1v) is 11.0. The third-order valence-electron chi connectivity index (χ3n) is 5.95. The van der Waals surface area contributed by atoms with Crippen molar-refractivity contribution in [3.63, 3.8) is 0 Å². The van der Waals surface area contributed by atoms with Gasteiger partial charge in [0.2, 0.25) is 5.91 Å². The summed E-state index contributed by atoms with van der Waals surface area (Å²) in [5.41, 5.74) is 0.167. The lowest BCUT2D eigenvalue weighted by Gasteiger charge is -2.36. The van der Waals surface area contributed by atoms with Crippen LogP contribution in [0.1, 0.15) is 18.8 Å². The molecule has 174 valence electrons. The molecule has 0 radical (unpaired) electrons. The van der Waals surface area contributed by atoms with Gasteiger partial charge in [-0.3, -0.25) is 14.2 Å². The molecule has 11 nitrogen and oxygen atoms in total. The zero-order chi connectivity index (χ0) is 23.7. The first kappa shape index (κ1) is 21.6. The standard InChI is InChI=1S/C23H24N8O3/c1-16(31-22(32)8-5-18(27-31)19-4-3-15-34-19)23(33)29-13-11-28(12-14-29)20-6-7-21(26-25-20)30-10-9-24-17(30)2/h3-10,15-16H,11-14H2,1-2H3. The Bertz CT molecular complexity index is 1340. The quantitative estimate of drug-likeness (QED) is 0.442. The summed E-state index contributed by atoms with van der Waals surface area (Å²) in [7, 11) is 0. The van der Waals surface area contributed by atoms with Crippen LogP contribution >= 0.6 is 0 Å². The van der Waals surface area contributed by atoms with Crippen LogP contribution in [0.3, 0.4) is 0 Å². The molecule has 0 saturated carbocycles. The number of hydrogen-bond donors (Lipinski definition) is 0. The second-order valence-electron chi connectivity index (χ2n) is 8.06. The number of aryl methyl sites for hydroxylation is 1. The highest BCUT2D eigenvalue weighted by Crippen LogP contribution is 2.19. The first-order chi connectivity index (χ1) is 16.5. The number of furan rings is 1. The number of nitrogens with zero attached hydrogens (tertiary/aromatic N) is 8. The van der Waals surface area contributed by atoms with Gasteiger partial charge in [0, 0.05) is 44.6 Å². The fourth-order valence-corrected chi connectivity index (χ4v) is 4.02. The zero-order valence-corrected chi connectivity index (χ0v) is 18.9. The zero-order valence-electron chi connectivity index (χ0n) is 18.9. The molecule has 1 fully saturated rings. The number of rotatable bonds is 5. The Morgan fingerprint density at radius 3 is 2.44 bits per heavy atom. The lowest BCUT2D eigenvalue weighted by molar-refractivity contribution is -0.135. The summed E-state index contributed by atoms with van der Waals surface area (Å²) in [4.78, 5) is 33.6. The van der Waals surface area contributed by atoms with Gasteiger partial charge in [-0.2, -0.15) is 5.10 Å². The maximum atomic E-state index is 13.1. The van der Waals surface area contributed by atoms with Gasteiger partial charge < -0.3 is 14.2 Å². The number of aromatic nitrogens is 6. The minimum absolute atomic E-state index is 0.150. The van der Waals surface area contributed by atoms with E-state index in [1.165, 1.54) is 17.0 Å². The van der Waals surface area contributed by atoms with Gasteiger partial charge in [0.05, 0.1) is 6.26 Å². The number of amides is 1. The molecule has 5 heterocycles. The average molecular weight is 460 g/mol. The van der Waals surface area contributed by atoms with E-state index >= 15 is 0 Å². The molecule has 0 bridgehead atoms. The molecule has 1 aliphatic heterocycles. The summed E-state index contributed by atoms with van der Waals surface area (Å²) < 4.78 is 8.45. The number of carbonyl (C=O) groups excluding carboxylic acids is 1. The highest BCUT2D eigenvalue weighted by Gasteiger charge is 2.28. The van der Waals surface area contributed by atoms with E-state index < -0.39 is 6.04 Å². The van der Waals surface area contributed by atoms with E-state index in [4.69, 9.17) is 4.42 Å². The predicted molar refractivity (Wildman–Crippen MR) is 124 cm³/mol. The Kier molecular flexibility index (Phi) is 5.66. The van der Waals surface area contributed by atoms with Crippen molar-refractivity contribution < 1.29 is 9.21 Å². The number of imidazole rings is 1. The van der Waals surface area contributed by atoms with E-state index in [9.17, 15) is 9.59 Å². The van der Waals surface area contributed by atoms with Crippen LogP contribution in [0.25, 0.3) is 17.3 Å². The van der Waals surface area contributed by atoms with Gasteiger partial charge >= 0.3 is 0 Å². The molecule has 1 aliphatic rings. The van der Waals surface area contributed by atoms with Gasteiger partial charge in [0.15, 0.2) is 17.4 Å². The normalized spacial score (nSPS) is 14.9. The molecule has 4 aromatic rings. The Morgan fingerprint density at radius 2 is 1.79 bits per heavy atom. The van der Waals surface area contributed by atoms with Crippen LogP contribution < -0.4 is 10.5 Å². The Balaban J connectivity index is 1.24. The van der Waals surface area contributed by atoms with Crippen molar-refractivity contribution >= 4 is 11.7 Å². The Labute approximate surface area is 195 Å². The van der Waals surface area contributed by atoms with Crippen LogP contribution in [-0.2, 0) is 4.79 Å². The van der Waals surface area contributed by atoms with Crippen LogP contribution in [0.15, 0.2) is 64.3 Å². The maximum absolute atomic E-state index is 13.1. The summed E-state index contributed by atoms with van der Waals surface area (Å²) in [5.74, 6) is 2.69. The highest BCUT2D eigenvalue weighted by atomic mass is 16.3. The third kappa shape index (κ3) is 4.07. The van der Waals surface area contributed by atoms with Crippen LogP contribution in [0.5, 0.6) is 0 Å². The van der Waals surface area contributed by atoms with E-state index in [2.05, 4.69) is 25.2 Å². The topological polar surface area (TPSA) is 115 Å². The molecule has 1 unspecified atom stereocenters. The average Bonchev–Trinajstić information content (AvgIpc) is 3.56. The molecule has 1 saturated heterocycles. The molecule has 0 N–H and O–H groups in total. The van der Waals surface area contributed by atoms with E-state index in [0.29, 0.717) is 43.5 Å². The lowest BCUT2D eigenvalue weighted by atomic mass is 10.2. The first-order valence-electron chi connectivity index (χ1n) is 11.0. The minimum atomic E-state index is -0.730. The number of piperazine rings is 1. The number of carbonyl (C=O) groups is 1. The van der Waals surface area contributed by atoms with E-state index in [1.807, 2.05) is 29.8 Å². The fourth-order valence-electron chi connectivity index (χ4n) is 4.02. The minimum Gasteiger partial charge on any atom is -0.463 e. The molecule has 0 aliphatic carbocycles. The molecular formula is C23H24N8O3. The van der Waals surface area contributed by atoms with Crippen molar-refractivity contribution in [2.75, 3.05) is 31.1 Å². The van der Waals surface area contributed by atoms with Crippen LogP contribution in [-0.4, -0.2) is 66.5 Å². The van der Waals surface area contributed by atoms with E-state index in [-0.39, 0.29) is 11.5 Å². The van der Waals surface area contributed by atoms with Gasteiger partial charge in [-0.25, -0.2) is 9.67 Å². The molecule has 0 spiro atoms. The summed E-state index contributed by atoms with van der Waals surface area (Å²) in [6, 6.07) is 9.60. The van der Waals surface area contributed by atoms with Gasteiger partial charge in [0.1, 0.15) is 17.6 Å². The summed E-state index contributed by atoms with van der Waals surface area (Å²) in [6.45, 7) is 5.86. The largest absolute Gasteiger partial charge is 0.463 e. The van der Waals surface area contributed by atoms with E-state index in [1.54, 1.807) is 36.2 Å². The van der Waals surface area contributed by atoms with Crippen molar-refractivity contribution in [2.45, 2.75) is 19.9 Å². The van der Waals surface area contributed by atoms with Gasteiger partial charge in [-0.05, 0) is 44.2 Å². The van der Waals surface area contributed by atoms with Crippen LogP contribution in [0.2, 0.25) is 0 Å². The SMILES string of the molecule is Cc1nccn1-c1ccc(N2CCN(C(=O)C(C)n3nc(-c4ccco4)ccc3=O)CC2)nn1. The molecular weight excluding hydrogens is 436 g/mol. The van der Waals surface area contributed by atoms with Gasteiger partial charge in [-0.15, -0.1) is 10.2 Å². The summed E-state index contributed by atoms with van der Waals surface area (Å²) in [6.07, 6.45) is 5.10. The third-order valence-corrected chi connectivity index (χ3v) is 5.95. The van der Waals surface area contributed by atoms with Gasteiger partial charge in [0.25, 0.3) is 5.56 Å². The predicted octanol–water partition coefficient (Wildman–Crippen LogP) is 1.70. The molecule has 0 aromatic carbocycles. The number of hydrogen-bond acceptors (Lipinski definition) is 8. The highest BCUT2D eigenvalue weighted by molar-refractivity contribution is 5.80. The lowest BCUT2D eigenvalue weighted by Crippen LogP contribution is -2.51. The molecule has 11 heteroatoms. The molecule has 4 aromatic heterocycles. The second-order valence-corrected chi connectivity index (χ2v) is 8.06.